The fourth-order valence-electron chi connectivity index (χ4n) is 1.93. The first-order chi connectivity index (χ1) is 10.2. The van der Waals surface area contributed by atoms with Crippen LogP contribution in [0.1, 0.15) is 10.4 Å². The number of benzene rings is 1. The van der Waals surface area contributed by atoms with Crippen LogP contribution >= 0.6 is 11.3 Å². The van der Waals surface area contributed by atoms with Gasteiger partial charge in [0.15, 0.2) is 0 Å². The molecule has 0 fully saturated rings. The van der Waals surface area contributed by atoms with Crippen molar-refractivity contribution in [3.8, 4) is 10.4 Å². The predicted octanol–water partition coefficient (Wildman–Crippen LogP) is 3.04. The van der Waals surface area contributed by atoms with Crippen LogP contribution in [0.5, 0.6) is 0 Å². The van der Waals surface area contributed by atoms with Crippen LogP contribution < -0.4 is 11.1 Å². The second-order valence-electron chi connectivity index (χ2n) is 4.28. The van der Waals surface area contributed by atoms with Crippen LogP contribution in [0.3, 0.4) is 0 Å². The van der Waals surface area contributed by atoms with Gasteiger partial charge in [0.05, 0.1) is 5.56 Å². The minimum absolute atomic E-state index is 0.126. The second-order valence-corrected chi connectivity index (χ2v) is 5.20. The van der Waals surface area contributed by atoms with Crippen molar-refractivity contribution in [2.24, 2.45) is 0 Å². The Morgan fingerprint density at radius 2 is 1.95 bits per heavy atom. The zero-order valence-electron chi connectivity index (χ0n) is 11.0. The molecule has 0 aliphatic carbocycles. The number of carbonyl (C=O) groups is 1. The molecule has 6 heteroatoms. The lowest BCUT2D eigenvalue weighted by atomic mass is 10.1. The number of nitrogen functional groups attached to an aromatic ring is 1. The molecule has 0 saturated heterocycles. The molecular weight excluding hydrogens is 284 g/mol. The molecule has 2 aromatic heterocycles. The number of anilines is 2. The maximum absolute atomic E-state index is 12.4. The van der Waals surface area contributed by atoms with Gasteiger partial charge in [-0.3, -0.25) is 4.79 Å². The van der Waals surface area contributed by atoms with Crippen molar-refractivity contribution in [1.29, 1.82) is 0 Å². The maximum Gasteiger partial charge on any atom is 0.258 e. The molecule has 0 atom stereocenters. The number of nitrogens with zero attached hydrogens (tertiary/aromatic N) is 2. The van der Waals surface area contributed by atoms with Gasteiger partial charge < -0.3 is 11.1 Å². The smallest absolute Gasteiger partial charge is 0.258 e. The highest BCUT2D eigenvalue weighted by Gasteiger charge is 2.14. The Labute approximate surface area is 125 Å². The zero-order valence-corrected chi connectivity index (χ0v) is 11.8. The third-order valence-corrected chi connectivity index (χ3v) is 3.83. The van der Waals surface area contributed by atoms with Crippen LogP contribution in [0, 0.1) is 0 Å². The minimum Gasteiger partial charge on any atom is -0.368 e. The van der Waals surface area contributed by atoms with Crippen LogP contribution in [-0.4, -0.2) is 15.9 Å². The fraction of sp³-hybridized carbons (Fsp3) is 0. The molecule has 104 valence electrons. The van der Waals surface area contributed by atoms with E-state index in [4.69, 9.17) is 5.73 Å². The van der Waals surface area contributed by atoms with Gasteiger partial charge >= 0.3 is 0 Å². The Morgan fingerprint density at radius 1 is 1.14 bits per heavy atom. The van der Waals surface area contributed by atoms with Gasteiger partial charge in [-0.05, 0) is 23.1 Å². The van der Waals surface area contributed by atoms with E-state index in [0.29, 0.717) is 11.4 Å². The van der Waals surface area contributed by atoms with Crippen molar-refractivity contribution in [1.82, 2.24) is 9.97 Å². The Bertz CT molecular complexity index is 770. The second kappa shape index (κ2) is 5.72. The quantitative estimate of drug-likeness (QED) is 0.778. The summed E-state index contributed by atoms with van der Waals surface area (Å²) in [5.74, 6) is 0.298. The van der Waals surface area contributed by atoms with Crippen LogP contribution in [-0.2, 0) is 0 Å². The van der Waals surface area contributed by atoms with Gasteiger partial charge in [0.1, 0.15) is 5.82 Å². The summed E-state index contributed by atoms with van der Waals surface area (Å²) in [6.45, 7) is 0. The number of hydrogen-bond donors (Lipinski definition) is 2. The molecule has 3 N–H and O–H groups in total. The van der Waals surface area contributed by atoms with E-state index in [9.17, 15) is 4.79 Å². The van der Waals surface area contributed by atoms with Crippen LogP contribution in [0.4, 0.5) is 11.8 Å². The molecule has 3 rings (SSSR count). The van der Waals surface area contributed by atoms with E-state index in [2.05, 4.69) is 15.3 Å². The summed E-state index contributed by atoms with van der Waals surface area (Å²) in [7, 11) is 0. The Hall–Kier alpha value is -2.73. The SMILES string of the molecule is Nc1nccc(NC(=O)c2ccsc2-c2ccccc2)n1. The summed E-state index contributed by atoms with van der Waals surface area (Å²) in [5, 5.41) is 4.63. The number of carbonyl (C=O) groups excluding carboxylic acids is 1. The normalized spacial score (nSPS) is 10.3. The summed E-state index contributed by atoms with van der Waals surface area (Å²) >= 11 is 1.53. The molecule has 21 heavy (non-hydrogen) atoms. The van der Waals surface area contributed by atoms with Crippen molar-refractivity contribution in [3.63, 3.8) is 0 Å². The van der Waals surface area contributed by atoms with Crippen molar-refractivity contribution < 1.29 is 4.79 Å². The highest BCUT2D eigenvalue weighted by Crippen LogP contribution is 2.29. The molecule has 0 aliphatic rings. The lowest BCUT2D eigenvalue weighted by Crippen LogP contribution is -2.13. The molecular formula is C15H12N4OS. The number of rotatable bonds is 3. The molecule has 1 amide bonds. The van der Waals surface area contributed by atoms with E-state index in [-0.39, 0.29) is 11.9 Å². The lowest BCUT2D eigenvalue weighted by Gasteiger charge is -2.06. The molecule has 0 saturated carbocycles. The van der Waals surface area contributed by atoms with E-state index in [1.54, 1.807) is 12.1 Å². The number of nitrogens with two attached hydrogens (primary N) is 1. The van der Waals surface area contributed by atoms with Gasteiger partial charge in [-0.2, -0.15) is 4.98 Å². The minimum atomic E-state index is -0.215. The fourth-order valence-corrected chi connectivity index (χ4v) is 2.83. The molecule has 0 unspecified atom stereocenters. The van der Waals surface area contributed by atoms with Crippen molar-refractivity contribution in [3.05, 3.63) is 59.6 Å². The van der Waals surface area contributed by atoms with E-state index >= 15 is 0 Å². The van der Waals surface area contributed by atoms with Gasteiger partial charge in [-0.1, -0.05) is 30.3 Å². The summed E-state index contributed by atoms with van der Waals surface area (Å²) in [6.07, 6.45) is 1.50. The van der Waals surface area contributed by atoms with Crippen LogP contribution in [0.25, 0.3) is 10.4 Å². The summed E-state index contributed by atoms with van der Waals surface area (Å²) in [6, 6.07) is 13.2. The van der Waals surface area contributed by atoms with Gasteiger partial charge in [-0.15, -0.1) is 11.3 Å². The molecule has 2 heterocycles. The van der Waals surface area contributed by atoms with Crippen LogP contribution in [0.15, 0.2) is 54.0 Å². The standard InChI is InChI=1S/C15H12N4OS/c16-15-17-8-6-12(19-15)18-14(20)11-7-9-21-13(11)10-4-2-1-3-5-10/h1-9H,(H3,16,17,18,19,20). The van der Waals surface area contributed by atoms with Gasteiger partial charge in [-0.25, -0.2) is 4.98 Å². The molecule has 0 radical (unpaired) electrons. The Balaban J connectivity index is 1.88. The Morgan fingerprint density at radius 3 is 2.71 bits per heavy atom. The molecule has 0 bridgehead atoms. The average molecular weight is 296 g/mol. The van der Waals surface area contributed by atoms with E-state index in [1.807, 2.05) is 35.7 Å². The third-order valence-electron chi connectivity index (χ3n) is 2.86. The lowest BCUT2D eigenvalue weighted by molar-refractivity contribution is 0.102. The predicted molar refractivity (Wildman–Crippen MR) is 84.2 cm³/mol. The molecule has 5 nitrogen and oxygen atoms in total. The molecule has 1 aromatic carbocycles. The summed E-state index contributed by atoms with van der Waals surface area (Å²) < 4.78 is 0. The first kappa shape index (κ1) is 13.3. The van der Waals surface area contributed by atoms with E-state index in [1.165, 1.54) is 17.5 Å². The van der Waals surface area contributed by atoms with Crippen molar-refractivity contribution in [2.75, 3.05) is 11.1 Å². The maximum atomic E-state index is 12.4. The van der Waals surface area contributed by atoms with E-state index < -0.39 is 0 Å². The topological polar surface area (TPSA) is 80.9 Å². The number of thiophene rings is 1. The van der Waals surface area contributed by atoms with Gasteiger partial charge in [0.25, 0.3) is 5.91 Å². The zero-order chi connectivity index (χ0) is 14.7. The van der Waals surface area contributed by atoms with Gasteiger partial charge in [0.2, 0.25) is 5.95 Å². The van der Waals surface area contributed by atoms with Crippen molar-refractivity contribution in [2.45, 2.75) is 0 Å². The highest BCUT2D eigenvalue weighted by molar-refractivity contribution is 7.14. The number of hydrogen-bond acceptors (Lipinski definition) is 5. The summed E-state index contributed by atoms with van der Waals surface area (Å²) in [5.41, 5.74) is 7.13. The monoisotopic (exact) mass is 296 g/mol. The van der Waals surface area contributed by atoms with Crippen molar-refractivity contribution >= 4 is 29.0 Å². The third kappa shape index (κ3) is 2.90. The summed E-state index contributed by atoms with van der Waals surface area (Å²) in [4.78, 5) is 21.1. The number of amides is 1. The van der Waals surface area contributed by atoms with E-state index in [0.717, 1.165) is 10.4 Å². The number of aromatic nitrogens is 2. The number of nitrogens with one attached hydrogen (secondary N) is 1. The average Bonchev–Trinajstić information content (AvgIpc) is 2.98. The highest BCUT2D eigenvalue weighted by atomic mass is 32.1. The van der Waals surface area contributed by atoms with Crippen LogP contribution in [0.2, 0.25) is 0 Å². The molecule has 0 spiro atoms. The largest absolute Gasteiger partial charge is 0.368 e. The Kier molecular flexibility index (Phi) is 3.61. The van der Waals surface area contributed by atoms with Gasteiger partial charge in [0, 0.05) is 11.1 Å². The molecule has 0 aliphatic heterocycles. The molecule has 3 aromatic rings. The first-order valence-corrected chi connectivity index (χ1v) is 7.15. The first-order valence-electron chi connectivity index (χ1n) is 6.27.